The molecule has 2 aromatic carbocycles. The van der Waals surface area contributed by atoms with Crippen LogP contribution in [0.5, 0.6) is 0 Å². The molecule has 0 bridgehead atoms. The van der Waals surface area contributed by atoms with Gasteiger partial charge in [0.1, 0.15) is 0 Å². The van der Waals surface area contributed by atoms with Crippen LogP contribution in [-0.2, 0) is 6.42 Å². The van der Waals surface area contributed by atoms with Crippen LogP contribution in [0, 0.1) is 17.8 Å². The summed E-state index contributed by atoms with van der Waals surface area (Å²) in [6.07, 6.45) is 13.9. The van der Waals surface area contributed by atoms with E-state index < -0.39 is 0 Å². The minimum atomic E-state index is 0.737. The van der Waals surface area contributed by atoms with Crippen molar-refractivity contribution in [1.29, 1.82) is 0 Å². The number of hydrogen-bond donors (Lipinski definition) is 0. The lowest BCUT2D eigenvalue weighted by atomic mass is 9.75. The van der Waals surface area contributed by atoms with Gasteiger partial charge >= 0.3 is 0 Å². The molecule has 0 aromatic heterocycles. The molecule has 1 fully saturated rings. The third kappa shape index (κ3) is 4.68. The summed E-state index contributed by atoms with van der Waals surface area (Å²) in [5, 5.41) is 2.83. The van der Waals surface area contributed by atoms with Gasteiger partial charge in [0, 0.05) is 0 Å². The Bertz CT molecular complexity index is 903. The van der Waals surface area contributed by atoms with Crippen LogP contribution in [0.1, 0.15) is 83.3 Å². The van der Waals surface area contributed by atoms with Gasteiger partial charge in [-0.3, -0.25) is 0 Å². The first-order valence-electron chi connectivity index (χ1n) is 11.9. The van der Waals surface area contributed by atoms with Gasteiger partial charge in [0.2, 0.25) is 0 Å². The molecule has 0 amide bonds. The van der Waals surface area contributed by atoms with Crippen molar-refractivity contribution in [3.05, 3.63) is 70.8 Å². The van der Waals surface area contributed by atoms with Crippen molar-refractivity contribution in [2.24, 2.45) is 17.8 Å². The lowest BCUT2D eigenvalue weighted by Crippen LogP contribution is -2.15. The van der Waals surface area contributed by atoms with Crippen LogP contribution in [0.15, 0.2) is 59.7 Å². The van der Waals surface area contributed by atoms with Crippen molar-refractivity contribution in [3.63, 3.8) is 0 Å². The van der Waals surface area contributed by atoms with Gasteiger partial charge in [-0.1, -0.05) is 87.4 Å². The van der Waals surface area contributed by atoms with E-state index >= 15 is 0 Å². The smallest absolute Gasteiger partial charge is 0.00995 e. The maximum atomic E-state index is 2.47. The van der Waals surface area contributed by atoms with Crippen LogP contribution in [0.3, 0.4) is 0 Å². The van der Waals surface area contributed by atoms with Crippen molar-refractivity contribution in [2.45, 2.75) is 78.6 Å². The minimum Gasteiger partial charge on any atom is -0.0664 e. The Morgan fingerprint density at radius 1 is 0.828 bits per heavy atom. The fraction of sp³-hybridized carbons (Fsp3) is 0.517. The predicted molar refractivity (Wildman–Crippen MR) is 127 cm³/mol. The molecule has 1 atom stereocenters. The first-order valence-corrected chi connectivity index (χ1v) is 11.9. The molecule has 0 radical (unpaired) electrons. The number of benzene rings is 2. The van der Waals surface area contributed by atoms with Crippen molar-refractivity contribution >= 4 is 10.8 Å². The molecule has 1 unspecified atom stereocenters. The summed E-state index contributed by atoms with van der Waals surface area (Å²) >= 11 is 0. The second-order valence-corrected chi connectivity index (χ2v) is 10.0. The van der Waals surface area contributed by atoms with Crippen LogP contribution < -0.4 is 0 Å². The van der Waals surface area contributed by atoms with Crippen molar-refractivity contribution in [2.75, 3.05) is 0 Å². The fourth-order valence-corrected chi connectivity index (χ4v) is 5.23. The molecule has 0 aliphatic heterocycles. The van der Waals surface area contributed by atoms with E-state index in [4.69, 9.17) is 0 Å². The largest absolute Gasteiger partial charge is 0.0664 e. The van der Waals surface area contributed by atoms with Gasteiger partial charge in [-0.05, 0) is 90.5 Å². The highest BCUT2D eigenvalue weighted by molar-refractivity contribution is 5.84. The van der Waals surface area contributed by atoms with E-state index in [1.54, 1.807) is 16.7 Å². The van der Waals surface area contributed by atoms with Gasteiger partial charge in [0.15, 0.2) is 0 Å². The Balaban J connectivity index is 1.40. The van der Waals surface area contributed by atoms with Gasteiger partial charge in [-0.2, -0.15) is 0 Å². The maximum Gasteiger partial charge on any atom is -0.00995 e. The summed E-state index contributed by atoms with van der Waals surface area (Å²) in [7, 11) is 0. The molecule has 29 heavy (non-hydrogen) atoms. The first kappa shape index (κ1) is 20.5. The van der Waals surface area contributed by atoms with Gasteiger partial charge in [0.05, 0.1) is 0 Å². The normalized spacial score (nSPS) is 23.3. The van der Waals surface area contributed by atoms with E-state index in [-0.39, 0.29) is 0 Å². The SMILES string of the molecule is CCC1=CC=C(C2CCC(c3ccc4cc(CC(C)C(C)C)ccc4c3)CC2)C1. The van der Waals surface area contributed by atoms with Crippen LogP contribution in [-0.4, -0.2) is 0 Å². The summed E-state index contributed by atoms with van der Waals surface area (Å²) in [5.74, 6) is 3.06. The average molecular weight is 387 g/mol. The monoisotopic (exact) mass is 386 g/mol. The first-order chi connectivity index (χ1) is 14.0. The lowest BCUT2D eigenvalue weighted by Gasteiger charge is -2.30. The van der Waals surface area contributed by atoms with Crippen LogP contribution in [0.4, 0.5) is 0 Å². The van der Waals surface area contributed by atoms with Crippen LogP contribution >= 0.6 is 0 Å². The molecule has 2 aliphatic rings. The fourth-order valence-electron chi connectivity index (χ4n) is 5.23. The molecular weight excluding hydrogens is 348 g/mol. The van der Waals surface area contributed by atoms with Crippen LogP contribution in [0.25, 0.3) is 10.8 Å². The molecule has 0 saturated heterocycles. The Labute approximate surface area is 178 Å². The average Bonchev–Trinajstić information content (AvgIpc) is 3.23. The summed E-state index contributed by atoms with van der Waals surface area (Å²) in [6.45, 7) is 9.31. The number of fused-ring (bicyclic) bond motifs is 1. The van der Waals surface area contributed by atoms with Gasteiger partial charge < -0.3 is 0 Å². The molecule has 154 valence electrons. The molecule has 4 rings (SSSR count). The Morgan fingerprint density at radius 2 is 1.52 bits per heavy atom. The molecule has 1 saturated carbocycles. The lowest BCUT2D eigenvalue weighted by molar-refractivity contribution is 0.360. The predicted octanol–water partition coefficient (Wildman–Crippen LogP) is 8.61. The molecular formula is C29H38. The quantitative estimate of drug-likeness (QED) is 0.466. The summed E-state index contributed by atoms with van der Waals surface area (Å²) in [6, 6.07) is 14.4. The van der Waals surface area contributed by atoms with E-state index in [1.807, 2.05) is 0 Å². The Kier molecular flexibility index (Phi) is 6.28. The molecule has 2 aliphatic carbocycles. The molecule has 0 nitrogen and oxygen atoms in total. The zero-order chi connectivity index (χ0) is 20.4. The summed E-state index contributed by atoms with van der Waals surface area (Å²) in [4.78, 5) is 0. The highest BCUT2D eigenvalue weighted by Crippen LogP contribution is 2.42. The summed E-state index contributed by atoms with van der Waals surface area (Å²) in [5.41, 5.74) is 6.38. The molecule has 0 spiro atoms. The number of allylic oxidation sites excluding steroid dienone is 4. The zero-order valence-corrected chi connectivity index (χ0v) is 18.9. The minimum absolute atomic E-state index is 0.737. The summed E-state index contributed by atoms with van der Waals surface area (Å²) < 4.78 is 0. The molecule has 0 heteroatoms. The molecule has 0 N–H and O–H groups in total. The van der Waals surface area contributed by atoms with Gasteiger partial charge in [-0.15, -0.1) is 0 Å². The van der Waals surface area contributed by atoms with Crippen molar-refractivity contribution < 1.29 is 0 Å². The van der Waals surface area contributed by atoms with Gasteiger partial charge in [-0.25, -0.2) is 0 Å². The molecule has 2 aromatic rings. The topological polar surface area (TPSA) is 0 Å². The van der Waals surface area contributed by atoms with Crippen molar-refractivity contribution in [1.82, 2.24) is 0 Å². The second-order valence-electron chi connectivity index (χ2n) is 10.0. The van der Waals surface area contributed by atoms with E-state index in [0.29, 0.717) is 0 Å². The highest BCUT2D eigenvalue weighted by Gasteiger charge is 2.26. The van der Waals surface area contributed by atoms with Crippen molar-refractivity contribution in [3.8, 4) is 0 Å². The van der Waals surface area contributed by atoms with E-state index in [9.17, 15) is 0 Å². The number of hydrogen-bond acceptors (Lipinski definition) is 0. The highest BCUT2D eigenvalue weighted by atomic mass is 14.3. The molecule has 0 heterocycles. The Morgan fingerprint density at radius 3 is 2.21 bits per heavy atom. The third-order valence-corrected chi connectivity index (χ3v) is 7.77. The third-order valence-electron chi connectivity index (χ3n) is 7.77. The van der Waals surface area contributed by atoms with Gasteiger partial charge in [0.25, 0.3) is 0 Å². The zero-order valence-electron chi connectivity index (χ0n) is 18.9. The Hall–Kier alpha value is -1.82. The number of rotatable bonds is 6. The van der Waals surface area contributed by atoms with E-state index in [2.05, 4.69) is 76.2 Å². The second kappa shape index (κ2) is 8.90. The standard InChI is InChI=1S/C29H38/c1-5-22-6-8-26(17-22)24-10-12-25(13-11-24)28-15-14-27-18-23(7-9-29(27)19-28)16-21(4)20(2)3/h6-9,14-15,18-21,24-25H,5,10-13,16-17H2,1-4H3. The van der Waals surface area contributed by atoms with E-state index in [0.717, 1.165) is 23.7 Å². The maximum absolute atomic E-state index is 2.47. The van der Waals surface area contributed by atoms with Crippen LogP contribution in [0.2, 0.25) is 0 Å². The van der Waals surface area contributed by atoms with E-state index in [1.165, 1.54) is 61.3 Å².